The highest BCUT2D eigenvalue weighted by molar-refractivity contribution is 5.85. The van der Waals surface area contributed by atoms with E-state index in [9.17, 15) is 8.78 Å². The van der Waals surface area contributed by atoms with E-state index in [1.807, 2.05) is 0 Å². The predicted molar refractivity (Wildman–Crippen MR) is 83.9 cm³/mol. The van der Waals surface area contributed by atoms with Crippen LogP contribution in [0, 0.1) is 5.41 Å². The van der Waals surface area contributed by atoms with E-state index in [1.165, 1.54) is 7.11 Å². The summed E-state index contributed by atoms with van der Waals surface area (Å²) < 4.78 is 35.0. The molecule has 0 spiro atoms. The number of hydrogen-bond donors (Lipinski definition) is 1. The van der Waals surface area contributed by atoms with Gasteiger partial charge >= 0.3 is 6.61 Å². The molecule has 4 nitrogen and oxygen atoms in total. The first-order valence-corrected chi connectivity index (χ1v) is 7.00. The van der Waals surface area contributed by atoms with Crippen LogP contribution >= 0.6 is 12.4 Å². The number of benzene rings is 1. The van der Waals surface area contributed by atoms with Crippen LogP contribution in [0.15, 0.2) is 18.2 Å². The fraction of sp³-hybridized carbons (Fsp3) is 0.600. The fourth-order valence-corrected chi connectivity index (χ4v) is 2.74. The van der Waals surface area contributed by atoms with Gasteiger partial charge in [-0.15, -0.1) is 12.4 Å². The van der Waals surface area contributed by atoms with Gasteiger partial charge in [-0.3, -0.25) is 4.90 Å². The molecule has 1 aromatic rings. The molecule has 0 bridgehead atoms. The van der Waals surface area contributed by atoms with Crippen molar-refractivity contribution in [1.82, 2.24) is 4.90 Å². The maximum Gasteiger partial charge on any atom is 0.387 e. The molecule has 1 saturated heterocycles. The SMILES string of the molecule is COc1cccc(CN2CCC(C)(CN)C2)c1OC(F)F.Cl. The van der Waals surface area contributed by atoms with Crippen molar-refractivity contribution >= 4 is 12.4 Å². The molecule has 2 N–H and O–H groups in total. The number of halogens is 3. The number of nitrogens with zero attached hydrogens (tertiary/aromatic N) is 1. The van der Waals surface area contributed by atoms with Crippen molar-refractivity contribution in [2.75, 3.05) is 26.7 Å². The highest BCUT2D eigenvalue weighted by Crippen LogP contribution is 2.35. The maximum absolute atomic E-state index is 12.6. The number of rotatable bonds is 6. The van der Waals surface area contributed by atoms with Gasteiger partial charge in [0.05, 0.1) is 7.11 Å². The van der Waals surface area contributed by atoms with Crippen LogP contribution in [-0.4, -0.2) is 38.3 Å². The molecule has 1 aliphatic heterocycles. The fourth-order valence-electron chi connectivity index (χ4n) is 2.74. The van der Waals surface area contributed by atoms with Gasteiger partial charge < -0.3 is 15.2 Å². The molecule has 0 aliphatic carbocycles. The van der Waals surface area contributed by atoms with Crippen LogP contribution in [0.2, 0.25) is 0 Å². The van der Waals surface area contributed by atoms with Crippen molar-refractivity contribution in [2.45, 2.75) is 26.5 Å². The molecule has 7 heteroatoms. The Balaban J connectivity index is 0.00000242. The predicted octanol–water partition coefficient (Wildman–Crippen LogP) is 2.89. The van der Waals surface area contributed by atoms with E-state index in [4.69, 9.17) is 10.5 Å². The second-order valence-electron chi connectivity index (χ2n) is 5.80. The Morgan fingerprint density at radius 3 is 2.68 bits per heavy atom. The van der Waals surface area contributed by atoms with Crippen molar-refractivity contribution in [3.63, 3.8) is 0 Å². The molecule has 0 saturated carbocycles. The standard InChI is InChI=1S/C15H22F2N2O2.ClH/c1-15(9-18)6-7-19(10-15)8-11-4-3-5-12(20-2)13(11)21-14(16)17;/h3-5,14H,6-10,18H2,1-2H3;1H. The molecule has 1 aromatic carbocycles. The number of para-hydroxylation sites is 1. The minimum atomic E-state index is -2.87. The summed E-state index contributed by atoms with van der Waals surface area (Å²) >= 11 is 0. The van der Waals surface area contributed by atoms with Gasteiger partial charge in [-0.05, 0) is 31.0 Å². The van der Waals surface area contributed by atoms with Crippen molar-refractivity contribution in [1.29, 1.82) is 0 Å². The first-order valence-electron chi connectivity index (χ1n) is 7.00. The van der Waals surface area contributed by atoms with E-state index in [0.717, 1.165) is 19.5 Å². The van der Waals surface area contributed by atoms with E-state index < -0.39 is 6.61 Å². The Kier molecular flexibility index (Phi) is 6.84. The van der Waals surface area contributed by atoms with Crippen LogP contribution in [0.4, 0.5) is 8.78 Å². The van der Waals surface area contributed by atoms with Gasteiger partial charge in [0.25, 0.3) is 0 Å². The van der Waals surface area contributed by atoms with E-state index in [2.05, 4.69) is 16.6 Å². The summed E-state index contributed by atoms with van der Waals surface area (Å²) in [6.45, 7) is 2.22. The van der Waals surface area contributed by atoms with Crippen LogP contribution in [0.3, 0.4) is 0 Å². The van der Waals surface area contributed by atoms with Crippen molar-refractivity contribution in [3.8, 4) is 11.5 Å². The maximum atomic E-state index is 12.6. The topological polar surface area (TPSA) is 47.7 Å². The Labute approximate surface area is 136 Å². The molecule has 1 atom stereocenters. The van der Waals surface area contributed by atoms with E-state index in [-0.39, 0.29) is 23.6 Å². The lowest BCUT2D eigenvalue weighted by Gasteiger charge is -2.23. The smallest absolute Gasteiger partial charge is 0.387 e. The van der Waals surface area contributed by atoms with Gasteiger partial charge in [0.1, 0.15) is 0 Å². The highest BCUT2D eigenvalue weighted by atomic mass is 35.5. The number of likely N-dealkylation sites (tertiary alicyclic amines) is 1. The minimum Gasteiger partial charge on any atom is -0.493 e. The van der Waals surface area contributed by atoms with Crippen LogP contribution < -0.4 is 15.2 Å². The first-order chi connectivity index (χ1) is 9.97. The Hall–Kier alpha value is -1.11. The molecule has 0 amide bonds. The summed E-state index contributed by atoms with van der Waals surface area (Å²) in [4.78, 5) is 2.21. The summed E-state index contributed by atoms with van der Waals surface area (Å²) in [6.07, 6.45) is 1.01. The van der Waals surface area contributed by atoms with Crippen LogP contribution in [0.1, 0.15) is 18.9 Å². The lowest BCUT2D eigenvalue weighted by atomic mass is 9.90. The second kappa shape index (κ2) is 7.94. The minimum absolute atomic E-state index is 0. The van der Waals surface area contributed by atoms with Gasteiger partial charge in [-0.2, -0.15) is 8.78 Å². The van der Waals surface area contributed by atoms with Crippen LogP contribution in [0.25, 0.3) is 0 Å². The number of nitrogens with two attached hydrogens (primary N) is 1. The van der Waals surface area contributed by atoms with E-state index in [1.54, 1.807) is 18.2 Å². The Morgan fingerprint density at radius 2 is 2.14 bits per heavy atom. The Morgan fingerprint density at radius 1 is 1.41 bits per heavy atom. The van der Waals surface area contributed by atoms with Crippen LogP contribution in [0.5, 0.6) is 11.5 Å². The summed E-state index contributed by atoms with van der Waals surface area (Å²) in [5, 5.41) is 0. The zero-order chi connectivity index (χ0) is 15.5. The molecular formula is C15H23ClF2N2O2. The highest BCUT2D eigenvalue weighted by Gasteiger charge is 2.32. The quantitative estimate of drug-likeness (QED) is 0.867. The molecule has 1 heterocycles. The summed E-state index contributed by atoms with van der Waals surface area (Å²) in [5.41, 5.74) is 6.60. The zero-order valence-corrected chi connectivity index (χ0v) is 13.7. The average Bonchev–Trinajstić information content (AvgIpc) is 2.82. The lowest BCUT2D eigenvalue weighted by Crippen LogP contribution is -2.31. The lowest BCUT2D eigenvalue weighted by molar-refractivity contribution is -0.0521. The van der Waals surface area contributed by atoms with E-state index >= 15 is 0 Å². The summed E-state index contributed by atoms with van der Waals surface area (Å²) in [7, 11) is 1.44. The number of methoxy groups -OCH3 is 1. The van der Waals surface area contributed by atoms with Crippen LogP contribution in [-0.2, 0) is 6.54 Å². The number of ether oxygens (including phenoxy) is 2. The van der Waals surface area contributed by atoms with Crippen molar-refractivity contribution in [2.24, 2.45) is 11.1 Å². The molecule has 1 unspecified atom stereocenters. The second-order valence-corrected chi connectivity index (χ2v) is 5.80. The van der Waals surface area contributed by atoms with Crippen molar-refractivity contribution < 1.29 is 18.3 Å². The Bertz CT molecular complexity index is 491. The monoisotopic (exact) mass is 336 g/mol. The average molecular weight is 337 g/mol. The molecule has 1 fully saturated rings. The molecule has 0 radical (unpaired) electrons. The first kappa shape index (κ1) is 18.9. The van der Waals surface area contributed by atoms with Gasteiger partial charge in [0, 0.05) is 18.7 Å². The molecule has 22 heavy (non-hydrogen) atoms. The van der Waals surface area contributed by atoms with Crippen molar-refractivity contribution in [3.05, 3.63) is 23.8 Å². The summed E-state index contributed by atoms with van der Waals surface area (Å²) in [6, 6.07) is 5.19. The van der Waals surface area contributed by atoms with E-state index in [0.29, 0.717) is 24.4 Å². The molecular weight excluding hydrogens is 314 g/mol. The van der Waals surface area contributed by atoms with Gasteiger partial charge in [-0.1, -0.05) is 19.1 Å². The number of hydrogen-bond acceptors (Lipinski definition) is 4. The summed E-state index contributed by atoms with van der Waals surface area (Å²) in [5.74, 6) is 0.449. The largest absolute Gasteiger partial charge is 0.493 e. The third-order valence-electron chi connectivity index (χ3n) is 4.01. The van der Waals surface area contributed by atoms with Gasteiger partial charge in [0.15, 0.2) is 11.5 Å². The normalized spacial score (nSPS) is 21.7. The zero-order valence-electron chi connectivity index (χ0n) is 12.9. The molecule has 0 aromatic heterocycles. The third-order valence-corrected chi connectivity index (χ3v) is 4.01. The molecule has 126 valence electrons. The molecule has 2 rings (SSSR count). The van der Waals surface area contributed by atoms with Gasteiger partial charge in [-0.25, -0.2) is 0 Å². The molecule has 1 aliphatic rings. The number of alkyl halides is 2. The van der Waals surface area contributed by atoms with Gasteiger partial charge in [0.2, 0.25) is 0 Å². The third kappa shape index (κ3) is 4.44.